The molecular formula is C9H18N2OS2. The predicted octanol–water partition coefficient (Wildman–Crippen LogP) is 1.28. The number of hydrogen-bond donors (Lipinski definition) is 1. The van der Waals surface area contributed by atoms with Crippen LogP contribution in [0.2, 0.25) is 0 Å². The summed E-state index contributed by atoms with van der Waals surface area (Å²) in [4.78, 5) is 2.37. The van der Waals surface area contributed by atoms with Gasteiger partial charge in [0.2, 0.25) is 0 Å². The molecule has 1 atom stereocenters. The van der Waals surface area contributed by atoms with Crippen molar-refractivity contribution in [1.82, 2.24) is 9.21 Å². The summed E-state index contributed by atoms with van der Waals surface area (Å²) in [6.45, 7) is 5.17. The van der Waals surface area contributed by atoms with E-state index in [-0.39, 0.29) is 5.60 Å². The summed E-state index contributed by atoms with van der Waals surface area (Å²) >= 11 is 4.26. The molecule has 2 rings (SSSR count). The molecule has 0 aromatic carbocycles. The SMILES string of the molecule is CN1CCOC2(CCCN(SS)C2)C1. The zero-order valence-corrected chi connectivity index (χ0v) is 10.3. The molecule has 0 saturated carbocycles. The Balaban J connectivity index is 1.99. The van der Waals surface area contributed by atoms with Crippen molar-refractivity contribution in [3.63, 3.8) is 0 Å². The first-order valence-corrected chi connectivity index (χ1v) is 6.96. The van der Waals surface area contributed by atoms with E-state index >= 15 is 0 Å². The van der Waals surface area contributed by atoms with E-state index in [1.165, 1.54) is 12.8 Å². The molecule has 2 heterocycles. The van der Waals surface area contributed by atoms with Crippen LogP contribution in [0.5, 0.6) is 0 Å². The molecule has 1 unspecified atom stereocenters. The minimum Gasteiger partial charge on any atom is -0.371 e. The molecule has 0 bridgehead atoms. The van der Waals surface area contributed by atoms with Crippen LogP contribution in [0.1, 0.15) is 12.8 Å². The highest BCUT2D eigenvalue weighted by molar-refractivity contribution is 8.67. The van der Waals surface area contributed by atoms with Crippen LogP contribution in [-0.4, -0.2) is 54.6 Å². The summed E-state index contributed by atoms with van der Waals surface area (Å²) in [6.07, 6.45) is 2.42. The van der Waals surface area contributed by atoms with Crippen molar-refractivity contribution in [2.45, 2.75) is 18.4 Å². The minimum atomic E-state index is 0.0843. The lowest BCUT2D eigenvalue weighted by Gasteiger charge is -2.46. The van der Waals surface area contributed by atoms with Crippen LogP contribution >= 0.6 is 22.6 Å². The third-order valence-electron chi connectivity index (χ3n) is 3.06. The van der Waals surface area contributed by atoms with Gasteiger partial charge in [-0.1, -0.05) is 11.7 Å². The lowest BCUT2D eigenvalue weighted by molar-refractivity contribution is -0.123. The molecule has 0 N–H and O–H groups in total. The first-order valence-electron chi connectivity index (χ1n) is 5.13. The predicted molar refractivity (Wildman–Crippen MR) is 63.6 cm³/mol. The van der Waals surface area contributed by atoms with Crippen LogP contribution < -0.4 is 0 Å². The van der Waals surface area contributed by atoms with Gasteiger partial charge in [0.05, 0.1) is 12.2 Å². The van der Waals surface area contributed by atoms with E-state index in [1.54, 1.807) is 11.0 Å². The average Bonchev–Trinajstić information content (AvgIpc) is 2.17. The normalized spacial score (nSPS) is 36.4. The van der Waals surface area contributed by atoms with Crippen molar-refractivity contribution >= 4 is 22.6 Å². The quantitative estimate of drug-likeness (QED) is 0.417. The first-order chi connectivity index (χ1) is 6.74. The number of ether oxygens (including phenoxy) is 1. The van der Waals surface area contributed by atoms with Gasteiger partial charge >= 0.3 is 0 Å². The van der Waals surface area contributed by atoms with Crippen molar-refractivity contribution in [2.24, 2.45) is 0 Å². The maximum absolute atomic E-state index is 5.98. The smallest absolute Gasteiger partial charge is 0.0945 e. The number of morpholine rings is 1. The highest BCUT2D eigenvalue weighted by Crippen LogP contribution is 2.32. The molecule has 3 nitrogen and oxygen atoms in total. The zero-order valence-electron chi connectivity index (χ0n) is 8.61. The maximum Gasteiger partial charge on any atom is 0.0945 e. The number of nitrogens with zero attached hydrogens (tertiary/aromatic N) is 2. The van der Waals surface area contributed by atoms with Gasteiger partial charge in [-0.05, 0) is 30.9 Å². The Labute approximate surface area is 95.1 Å². The number of likely N-dealkylation sites (N-methyl/N-ethyl adjacent to an activating group) is 1. The van der Waals surface area contributed by atoms with Crippen molar-refractivity contribution in [3.05, 3.63) is 0 Å². The summed E-state index contributed by atoms with van der Waals surface area (Å²) in [7, 11) is 3.72. The van der Waals surface area contributed by atoms with E-state index in [9.17, 15) is 0 Å². The van der Waals surface area contributed by atoms with E-state index in [1.807, 2.05) is 0 Å². The Morgan fingerprint density at radius 1 is 1.36 bits per heavy atom. The summed E-state index contributed by atoms with van der Waals surface area (Å²) < 4.78 is 8.28. The number of thiol groups is 1. The average molecular weight is 234 g/mol. The summed E-state index contributed by atoms with van der Waals surface area (Å²) in [5.41, 5.74) is 0.0843. The van der Waals surface area contributed by atoms with Crippen LogP contribution in [0, 0.1) is 0 Å². The molecule has 0 aliphatic carbocycles. The number of piperidine rings is 1. The van der Waals surface area contributed by atoms with Gasteiger partial charge < -0.3 is 9.64 Å². The van der Waals surface area contributed by atoms with E-state index in [0.717, 1.165) is 32.8 Å². The van der Waals surface area contributed by atoms with Crippen molar-refractivity contribution < 1.29 is 4.74 Å². The molecule has 2 saturated heterocycles. The van der Waals surface area contributed by atoms with Gasteiger partial charge in [-0.25, -0.2) is 4.31 Å². The summed E-state index contributed by atoms with van der Waals surface area (Å²) in [5, 5.41) is 0. The zero-order chi connectivity index (χ0) is 10.0. The van der Waals surface area contributed by atoms with E-state index in [0.29, 0.717) is 0 Å². The van der Waals surface area contributed by atoms with Gasteiger partial charge in [-0.15, -0.1) is 0 Å². The van der Waals surface area contributed by atoms with Crippen molar-refractivity contribution in [2.75, 3.05) is 39.8 Å². The van der Waals surface area contributed by atoms with Crippen LogP contribution in [0.15, 0.2) is 0 Å². The second-order valence-electron chi connectivity index (χ2n) is 4.32. The molecule has 0 aromatic rings. The number of rotatable bonds is 1. The lowest BCUT2D eigenvalue weighted by atomic mass is 9.92. The van der Waals surface area contributed by atoms with Crippen LogP contribution in [0.3, 0.4) is 0 Å². The standard InChI is InChI=1S/C9H18N2OS2/c1-10-5-6-12-9(7-10)3-2-4-11(8-9)14-13/h13H,2-8H2,1H3. The van der Waals surface area contributed by atoms with E-state index in [4.69, 9.17) is 4.74 Å². The van der Waals surface area contributed by atoms with E-state index in [2.05, 4.69) is 27.9 Å². The second-order valence-corrected chi connectivity index (χ2v) is 5.49. The first kappa shape index (κ1) is 11.1. The van der Waals surface area contributed by atoms with Gasteiger partial charge in [0.15, 0.2) is 0 Å². The largest absolute Gasteiger partial charge is 0.371 e. The van der Waals surface area contributed by atoms with Gasteiger partial charge in [0.1, 0.15) is 0 Å². The lowest BCUT2D eigenvalue weighted by Crippen LogP contribution is -2.57. The summed E-state index contributed by atoms with van der Waals surface area (Å²) in [6, 6.07) is 0. The molecule has 0 aromatic heterocycles. The molecule has 0 amide bonds. The molecule has 2 fully saturated rings. The molecule has 2 aliphatic rings. The van der Waals surface area contributed by atoms with E-state index < -0.39 is 0 Å². The monoisotopic (exact) mass is 234 g/mol. The number of hydrogen-bond acceptors (Lipinski definition) is 5. The fraction of sp³-hybridized carbons (Fsp3) is 1.00. The molecule has 82 valence electrons. The van der Waals surface area contributed by atoms with Gasteiger partial charge in [0, 0.05) is 26.2 Å². The van der Waals surface area contributed by atoms with Crippen LogP contribution in [-0.2, 0) is 4.74 Å². The highest BCUT2D eigenvalue weighted by atomic mass is 33.1. The Hall–Kier alpha value is 0.580. The topological polar surface area (TPSA) is 15.7 Å². The van der Waals surface area contributed by atoms with Crippen LogP contribution in [0.25, 0.3) is 0 Å². The Bertz CT molecular complexity index is 201. The Morgan fingerprint density at radius 2 is 2.21 bits per heavy atom. The van der Waals surface area contributed by atoms with Gasteiger partial charge in [-0.2, -0.15) is 0 Å². The van der Waals surface area contributed by atoms with Crippen molar-refractivity contribution in [3.8, 4) is 0 Å². The highest BCUT2D eigenvalue weighted by Gasteiger charge is 2.39. The Kier molecular flexibility index (Phi) is 3.65. The third kappa shape index (κ3) is 2.39. The fourth-order valence-electron chi connectivity index (χ4n) is 2.41. The molecule has 5 heteroatoms. The maximum atomic E-state index is 5.98. The Morgan fingerprint density at radius 3 is 2.93 bits per heavy atom. The third-order valence-corrected chi connectivity index (χ3v) is 4.29. The molecule has 1 spiro atoms. The van der Waals surface area contributed by atoms with Gasteiger partial charge in [0.25, 0.3) is 0 Å². The minimum absolute atomic E-state index is 0.0843. The molecule has 2 aliphatic heterocycles. The van der Waals surface area contributed by atoms with Gasteiger partial charge in [-0.3, -0.25) is 0 Å². The molecular weight excluding hydrogens is 216 g/mol. The van der Waals surface area contributed by atoms with Crippen LogP contribution in [0.4, 0.5) is 0 Å². The molecule has 14 heavy (non-hydrogen) atoms. The van der Waals surface area contributed by atoms with Crippen molar-refractivity contribution in [1.29, 1.82) is 0 Å². The molecule has 0 radical (unpaired) electrons. The summed E-state index contributed by atoms with van der Waals surface area (Å²) in [5.74, 6) is 0. The second kappa shape index (κ2) is 4.61. The fourth-order valence-corrected chi connectivity index (χ4v) is 3.33.